The minimum Gasteiger partial charge on any atom is -0.465 e. The fourth-order valence-electron chi connectivity index (χ4n) is 4.81. The lowest BCUT2D eigenvalue weighted by atomic mass is 10.0. The van der Waals surface area contributed by atoms with E-state index in [1.807, 2.05) is 43.5 Å². The number of carbonyl (C=O) groups is 1. The van der Waals surface area contributed by atoms with Crippen LogP contribution in [0, 0.1) is 18.8 Å². The Bertz CT molecular complexity index is 1410. The lowest BCUT2D eigenvalue weighted by Crippen LogP contribution is -2.53. The highest BCUT2D eigenvalue weighted by atomic mass is 16.5. The molecule has 0 amide bonds. The molecular formula is C28H31N7O2. The molecule has 4 aromatic rings. The van der Waals surface area contributed by atoms with Gasteiger partial charge in [-0.15, -0.1) is 0 Å². The zero-order chi connectivity index (χ0) is 25.2. The Morgan fingerprint density at radius 2 is 2.05 bits per heavy atom. The number of imidazole rings is 1. The second kappa shape index (κ2) is 10.3. The molecule has 0 unspecified atom stereocenters. The number of anilines is 1. The molecule has 0 aliphatic carbocycles. The number of nitrogens with one attached hydrogen (secondary N) is 3. The number of rotatable bonds is 9. The number of hydrogen-bond acceptors (Lipinski definition) is 8. The highest BCUT2D eigenvalue weighted by molar-refractivity contribution is 5.88. The standard InChI is InChI=1S/C28H31N7O2/c1-18-3-2-4-25(34-18)27-26(32-17-33-27)20-5-6-24-21(9-20)10-23(13-31-24)30-7-8-35-14-22(15-35)28(36)37-16-19-11-29-12-19/h2-6,9-10,13,17,19,22,29-30H,7-8,11-12,14-16H2,1H3,(H,32,33). The van der Waals surface area contributed by atoms with E-state index in [1.165, 1.54) is 0 Å². The zero-order valence-electron chi connectivity index (χ0n) is 20.9. The van der Waals surface area contributed by atoms with Crippen LogP contribution in [-0.4, -0.2) is 76.7 Å². The molecule has 190 valence electrons. The molecule has 9 nitrogen and oxygen atoms in total. The van der Waals surface area contributed by atoms with Crippen molar-refractivity contribution >= 4 is 22.6 Å². The van der Waals surface area contributed by atoms with Gasteiger partial charge in [-0.05, 0) is 37.3 Å². The molecule has 6 rings (SSSR count). The van der Waals surface area contributed by atoms with Crippen LogP contribution in [0.2, 0.25) is 0 Å². The van der Waals surface area contributed by atoms with Gasteiger partial charge in [-0.25, -0.2) is 4.98 Å². The summed E-state index contributed by atoms with van der Waals surface area (Å²) < 4.78 is 5.45. The molecule has 3 aromatic heterocycles. The fourth-order valence-corrected chi connectivity index (χ4v) is 4.81. The van der Waals surface area contributed by atoms with Gasteiger partial charge in [-0.1, -0.05) is 12.1 Å². The number of hydrogen-bond donors (Lipinski definition) is 3. The van der Waals surface area contributed by atoms with Crippen molar-refractivity contribution in [2.24, 2.45) is 11.8 Å². The van der Waals surface area contributed by atoms with Crippen LogP contribution in [0.5, 0.6) is 0 Å². The van der Waals surface area contributed by atoms with Gasteiger partial charge in [0.15, 0.2) is 0 Å². The smallest absolute Gasteiger partial charge is 0.311 e. The Morgan fingerprint density at radius 1 is 1.16 bits per heavy atom. The lowest BCUT2D eigenvalue weighted by molar-refractivity contribution is -0.156. The molecule has 0 radical (unpaired) electrons. The van der Waals surface area contributed by atoms with Crippen molar-refractivity contribution in [3.63, 3.8) is 0 Å². The topological polar surface area (TPSA) is 108 Å². The number of likely N-dealkylation sites (tertiary alicyclic amines) is 1. The highest BCUT2D eigenvalue weighted by Gasteiger charge is 2.34. The van der Waals surface area contributed by atoms with Crippen molar-refractivity contribution in [1.82, 2.24) is 30.2 Å². The molecule has 1 aromatic carbocycles. The van der Waals surface area contributed by atoms with E-state index in [0.717, 1.165) is 84.2 Å². The Kier molecular flexibility index (Phi) is 6.55. The number of fused-ring (bicyclic) bond motifs is 1. The number of H-pyrrole nitrogens is 1. The van der Waals surface area contributed by atoms with Crippen LogP contribution in [0.15, 0.2) is 55.0 Å². The van der Waals surface area contributed by atoms with Crippen LogP contribution in [-0.2, 0) is 9.53 Å². The minimum absolute atomic E-state index is 0.00993. The monoisotopic (exact) mass is 497 g/mol. The third-order valence-electron chi connectivity index (χ3n) is 7.11. The van der Waals surface area contributed by atoms with Gasteiger partial charge in [0.25, 0.3) is 0 Å². The number of aryl methyl sites for hydroxylation is 1. The van der Waals surface area contributed by atoms with Crippen LogP contribution in [0.3, 0.4) is 0 Å². The van der Waals surface area contributed by atoms with E-state index in [-0.39, 0.29) is 11.9 Å². The minimum atomic E-state index is -0.0520. The molecule has 5 heterocycles. The summed E-state index contributed by atoms with van der Waals surface area (Å²) in [5.41, 5.74) is 6.53. The van der Waals surface area contributed by atoms with E-state index in [4.69, 9.17) is 4.74 Å². The third kappa shape index (κ3) is 5.19. The number of nitrogens with zero attached hydrogens (tertiary/aromatic N) is 4. The summed E-state index contributed by atoms with van der Waals surface area (Å²) in [5.74, 6) is 0.446. The van der Waals surface area contributed by atoms with Crippen molar-refractivity contribution in [2.75, 3.05) is 51.2 Å². The zero-order valence-corrected chi connectivity index (χ0v) is 20.9. The van der Waals surface area contributed by atoms with Crippen molar-refractivity contribution in [2.45, 2.75) is 6.92 Å². The summed E-state index contributed by atoms with van der Waals surface area (Å²) in [6.07, 6.45) is 3.57. The van der Waals surface area contributed by atoms with Gasteiger partial charge in [0.05, 0.1) is 53.3 Å². The normalized spacial score (nSPS) is 16.4. The SMILES string of the molecule is Cc1cccc(-c2[nH]cnc2-c2ccc3ncc(NCCN4CC(C(=O)OCC5CNC5)C4)cc3c2)n1. The molecule has 0 saturated carbocycles. The molecule has 9 heteroatoms. The van der Waals surface area contributed by atoms with Gasteiger partial charge in [-0.3, -0.25) is 19.7 Å². The predicted octanol–water partition coefficient (Wildman–Crippen LogP) is 3.10. The second-order valence-electron chi connectivity index (χ2n) is 9.96. The van der Waals surface area contributed by atoms with Crippen molar-refractivity contribution in [3.8, 4) is 22.6 Å². The molecule has 0 spiro atoms. The van der Waals surface area contributed by atoms with Crippen LogP contribution in [0.25, 0.3) is 33.5 Å². The summed E-state index contributed by atoms with van der Waals surface area (Å²) in [4.78, 5) is 31.5. The first kappa shape index (κ1) is 23.6. The number of aromatic amines is 1. The van der Waals surface area contributed by atoms with Crippen LogP contribution < -0.4 is 10.6 Å². The summed E-state index contributed by atoms with van der Waals surface area (Å²) in [5, 5.41) is 7.71. The second-order valence-corrected chi connectivity index (χ2v) is 9.96. The van der Waals surface area contributed by atoms with Gasteiger partial charge in [0.2, 0.25) is 0 Å². The van der Waals surface area contributed by atoms with Crippen molar-refractivity contribution in [1.29, 1.82) is 0 Å². The van der Waals surface area contributed by atoms with E-state index in [1.54, 1.807) is 6.33 Å². The van der Waals surface area contributed by atoms with E-state index in [9.17, 15) is 4.79 Å². The van der Waals surface area contributed by atoms with Crippen molar-refractivity contribution in [3.05, 3.63) is 60.7 Å². The average molecular weight is 498 g/mol. The quantitative estimate of drug-likeness (QED) is 0.303. The van der Waals surface area contributed by atoms with Crippen molar-refractivity contribution < 1.29 is 9.53 Å². The van der Waals surface area contributed by atoms with Crippen LogP contribution in [0.1, 0.15) is 5.69 Å². The van der Waals surface area contributed by atoms with E-state index in [2.05, 4.69) is 47.6 Å². The van der Waals surface area contributed by atoms with Gasteiger partial charge in [0, 0.05) is 61.8 Å². The van der Waals surface area contributed by atoms with E-state index < -0.39 is 0 Å². The molecule has 2 aliphatic heterocycles. The molecule has 2 fully saturated rings. The molecule has 2 aliphatic rings. The molecular weight excluding hydrogens is 466 g/mol. The average Bonchev–Trinajstić information content (AvgIpc) is 3.34. The lowest BCUT2D eigenvalue weighted by Gasteiger charge is -2.38. The molecule has 0 atom stereocenters. The van der Waals surface area contributed by atoms with Gasteiger partial charge in [0.1, 0.15) is 0 Å². The first-order valence-electron chi connectivity index (χ1n) is 12.8. The first-order valence-corrected chi connectivity index (χ1v) is 12.8. The summed E-state index contributed by atoms with van der Waals surface area (Å²) in [7, 11) is 0. The first-order chi connectivity index (χ1) is 18.1. The molecule has 0 bridgehead atoms. The largest absolute Gasteiger partial charge is 0.465 e. The van der Waals surface area contributed by atoms with E-state index in [0.29, 0.717) is 12.5 Å². The van der Waals surface area contributed by atoms with Gasteiger partial charge < -0.3 is 20.4 Å². The molecule has 3 N–H and O–H groups in total. The van der Waals surface area contributed by atoms with Gasteiger partial charge in [-0.2, -0.15) is 0 Å². The Labute approximate surface area is 215 Å². The maximum Gasteiger partial charge on any atom is 0.311 e. The van der Waals surface area contributed by atoms with Gasteiger partial charge >= 0.3 is 5.97 Å². The maximum atomic E-state index is 12.2. The third-order valence-corrected chi connectivity index (χ3v) is 7.11. The van der Waals surface area contributed by atoms with Crippen LogP contribution >= 0.6 is 0 Å². The number of ether oxygens (including phenoxy) is 1. The Morgan fingerprint density at radius 3 is 2.86 bits per heavy atom. The van der Waals surface area contributed by atoms with Crippen LogP contribution in [0.4, 0.5) is 5.69 Å². The highest BCUT2D eigenvalue weighted by Crippen LogP contribution is 2.30. The van der Waals surface area contributed by atoms with E-state index >= 15 is 0 Å². The number of pyridine rings is 2. The predicted molar refractivity (Wildman–Crippen MR) is 143 cm³/mol. The summed E-state index contributed by atoms with van der Waals surface area (Å²) >= 11 is 0. The number of aromatic nitrogens is 4. The number of benzene rings is 1. The number of carbonyl (C=O) groups excluding carboxylic acids is 1. The molecule has 37 heavy (non-hydrogen) atoms. The fraction of sp³-hybridized carbons (Fsp3) is 0.357. The maximum absolute atomic E-state index is 12.2. The number of esters is 1. The Hall–Kier alpha value is -3.82. The summed E-state index contributed by atoms with van der Waals surface area (Å²) in [6.45, 7) is 7.63. The Balaban J connectivity index is 1.05. The summed E-state index contributed by atoms with van der Waals surface area (Å²) in [6, 6.07) is 14.3. The molecule has 2 saturated heterocycles.